The van der Waals surface area contributed by atoms with Crippen LogP contribution in [-0.2, 0) is 4.79 Å². The molecule has 1 unspecified atom stereocenters. The first-order chi connectivity index (χ1) is 7.65. The van der Waals surface area contributed by atoms with Crippen LogP contribution in [0.15, 0.2) is 36.4 Å². The lowest BCUT2D eigenvalue weighted by atomic mass is 10.1. The molecule has 1 atom stereocenters. The van der Waals surface area contributed by atoms with Crippen LogP contribution in [0.4, 0.5) is 0 Å². The third-order valence-corrected chi connectivity index (χ3v) is 2.30. The number of carbonyl (C=O) groups excluding carboxylic acids is 1. The van der Waals surface area contributed by atoms with E-state index in [0.717, 1.165) is 5.56 Å². The van der Waals surface area contributed by atoms with E-state index < -0.39 is 0 Å². The fraction of sp³-hybridized carbons (Fsp3) is 0.308. The zero-order valence-corrected chi connectivity index (χ0v) is 9.97. The van der Waals surface area contributed by atoms with Crippen LogP contribution in [0.3, 0.4) is 0 Å². The molecule has 0 saturated carbocycles. The first-order valence-electron chi connectivity index (χ1n) is 5.27. The highest BCUT2D eigenvalue weighted by molar-refractivity contribution is 5.84. The predicted octanol–water partition coefficient (Wildman–Crippen LogP) is 1.38. The van der Waals surface area contributed by atoms with Crippen molar-refractivity contribution in [2.75, 3.05) is 21.1 Å². The number of rotatable bonds is 4. The van der Waals surface area contributed by atoms with Gasteiger partial charge < -0.3 is 10.2 Å². The molecule has 16 heavy (non-hydrogen) atoms. The summed E-state index contributed by atoms with van der Waals surface area (Å²) in [6, 6.07) is 9.66. The third-order valence-electron chi connectivity index (χ3n) is 2.30. The van der Waals surface area contributed by atoms with Gasteiger partial charge in [0.15, 0.2) is 0 Å². The summed E-state index contributed by atoms with van der Waals surface area (Å²) in [6.45, 7) is 0. The topological polar surface area (TPSA) is 32.3 Å². The van der Waals surface area contributed by atoms with Crippen molar-refractivity contribution in [3.8, 4) is 0 Å². The highest BCUT2D eigenvalue weighted by atomic mass is 16.2. The van der Waals surface area contributed by atoms with Crippen molar-refractivity contribution in [3.63, 3.8) is 0 Å². The molecule has 86 valence electrons. The molecule has 0 spiro atoms. The maximum Gasteiger partial charge on any atom is 0.243 e. The lowest BCUT2D eigenvalue weighted by Gasteiger charge is -2.16. The van der Waals surface area contributed by atoms with Gasteiger partial charge in [-0.15, -0.1) is 0 Å². The van der Waals surface area contributed by atoms with Gasteiger partial charge in [0.05, 0.1) is 0 Å². The summed E-state index contributed by atoms with van der Waals surface area (Å²) >= 11 is 0. The molecule has 1 amide bonds. The van der Waals surface area contributed by atoms with Crippen molar-refractivity contribution in [3.05, 3.63) is 42.0 Å². The molecule has 1 rings (SSSR count). The van der Waals surface area contributed by atoms with Gasteiger partial charge in [-0.25, -0.2) is 0 Å². The highest BCUT2D eigenvalue weighted by Gasteiger charge is 2.14. The van der Waals surface area contributed by atoms with Gasteiger partial charge in [-0.3, -0.25) is 4.79 Å². The lowest BCUT2D eigenvalue weighted by molar-refractivity contribution is -0.129. The Morgan fingerprint density at radius 2 is 1.94 bits per heavy atom. The van der Waals surface area contributed by atoms with Crippen molar-refractivity contribution in [1.29, 1.82) is 0 Å². The Bertz CT molecular complexity index is 357. The number of amides is 1. The van der Waals surface area contributed by atoms with Gasteiger partial charge in [0.25, 0.3) is 0 Å². The maximum absolute atomic E-state index is 11.7. The van der Waals surface area contributed by atoms with Crippen molar-refractivity contribution >= 4 is 12.0 Å². The summed E-state index contributed by atoms with van der Waals surface area (Å²) in [5, 5.41) is 2.98. The lowest BCUT2D eigenvalue weighted by Crippen LogP contribution is -2.40. The van der Waals surface area contributed by atoms with E-state index in [1.807, 2.05) is 42.5 Å². The van der Waals surface area contributed by atoms with Gasteiger partial charge in [-0.1, -0.05) is 42.5 Å². The molecule has 0 saturated heterocycles. The van der Waals surface area contributed by atoms with Crippen LogP contribution in [0, 0.1) is 0 Å². The summed E-state index contributed by atoms with van der Waals surface area (Å²) < 4.78 is 0. The van der Waals surface area contributed by atoms with Gasteiger partial charge in [0.1, 0.15) is 6.04 Å². The molecule has 0 heterocycles. The number of nitrogens with one attached hydrogen (secondary N) is 1. The highest BCUT2D eigenvalue weighted by Crippen LogP contribution is 2.02. The number of hydrogen-bond donors (Lipinski definition) is 1. The van der Waals surface area contributed by atoms with E-state index in [0.29, 0.717) is 0 Å². The van der Waals surface area contributed by atoms with Crippen molar-refractivity contribution < 1.29 is 4.79 Å². The smallest absolute Gasteiger partial charge is 0.243 e. The molecule has 0 aromatic heterocycles. The van der Waals surface area contributed by atoms with E-state index in [1.54, 1.807) is 26.0 Å². The number of hydrogen-bond acceptors (Lipinski definition) is 2. The van der Waals surface area contributed by atoms with E-state index in [-0.39, 0.29) is 11.9 Å². The Morgan fingerprint density at radius 3 is 2.44 bits per heavy atom. The Labute approximate surface area is 96.8 Å². The SMILES string of the molecule is CNC(/C=C/c1ccccc1)C(=O)N(C)C. The average Bonchev–Trinajstić information content (AvgIpc) is 2.30. The summed E-state index contributed by atoms with van der Waals surface area (Å²) in [4.78, 5) is 13.3. The maximum atomic E-state index is 11.7. The monoisotopic (exact) mass is 218 g/mol. The standard InChI is InChI=1S/C13H18N2O/c1-14-12(13(16)15(2)3)10-9-11-7-5-4-6-8-11/h4-10,12,14H,1-3H3/b10-9+. The van der Waals surface area contributed by atoms with Crippen molar-refractivity contribution in [2.45, 2.75) is 6.04 Å². The fourth-order valence-corrected chi connectivity index (χ4v) is 1.35. The summed E-state index contributed by atoms with van der Waals surface area (Å²) in [7, 11) is 5.29. The molecule has 1 aromatic rings. The third kappa shape index (κ3) is 3.51. The Kier molecular flexibility index (Phi) is 4.73. The molecule has 3 heteroatoms. The molecular formula is C13H18N2O. The molecule has 1 N–H and O–H groups in total. The first-order valence-corrected chi connectivity index (χ1v) is 5.27. The summed E-state index contributed by atoms with van der Waals surface area (Å²) in [5.41, 5.74) is 1.09. The molecular weight excluding hydrogens is 200 g/mol. The van der Waals surface area contributed by atoms with Gasteiger partial charge in [-0.05, 0) is 12.6 Å². The number of benzene rings is 1. The number of nitrogens with zero attached hydrogens (tertiary/aromatic N) is 1. The quantitative estimate of drug-likeness (QED) is 0.828. The van der Waals surface area contributed by atoms with Crippen LogP contribution >= 0.6 is 0 Å². The Hall–Kier alpha value is -1.61. The van der Waals surface area contributed by atoms with E-state index >= 15 is 0 Å². The van der Waals surface area contributed by atoms with Gasteiger partial charge in [0, 0.05) is 14.1 Å². The van der Waals surface area contributed by atoms with Crippen LogP contribution in [0.1, 0.15) is 5.56 Å². The minimum Gasteiger partial charge on any atom is -0.347 e. The Morgan fingerprint density at radius 1 is 1.31 bits per heavy atom. The summed E-state index contributed by atoms with van der Waals surface area (Å²) in [6.07, 6.45) is 3.82. The number of carbonyl (C=O) groups is 1. The van der Waals surface area contributed by atoms with Gasteiger partial charge in [-0.2, -0.15) is 0 Å². The van der Waals surface area contributed by atoms with E-state index in [9.17, 15) is 4.79 Å². The van der Waals surface area contributed by atoms with E-state index in [1.165, 1.54) is 0 Å². The first kappa shape index (κ1) is 12.5. The van der Waals surface area contributed by atoms with Gasteiger partial charge in [0.2, 0.25) is 5.91 Å². The normalized spacial score (nSPS) is 12.7. The average molecular weight is 218 g/mol. The van der Waals surface area contributed by atoms with E-state index in [2.05, 4.69) is 5.32 Å². The zero-order valence-electron chi connectivity index (χ0n) is 9.97. The molecule has 0 fully saturated rings. The van der Waals surface area contributed by atoms with Gasteiger partial charge >= 0.3 is 0 Å². The van der Waals surface area contributed by atoms with E-state index in [4.69, 9.17) is 0 Å². The predicted molar refractivity (Wildman–Crippen MR) is 67.0 cm³/mol. The van der Waals surface area contributed by atoms with Crippen LogP contribution in [0.5, 0.6) is 0 Å². The largest absolute Gasteiger partial charge is 0.347 e. The zero-order chi connectivity index (χ0) is 12.0. The molecule has 0 aliphatic carbocycles. The fourth-order valence-electron chi connectivity index (χ4n) is 1.35. The minimum absolute atomic E-state index is 0.0506. The van der Waals surface area contributed by atoms with Crippen LogP contribution in [-0.4, -0.2) is 38.0 Å². The second-order valence-corrected chi connectivity index (χ2v) is 3.77. The van der Waals surface area contributed by atoms with Crippen LogP contribution < -0.4 is 5.32 Å². The molecule has 3 nitrogen and oxygen atoms in total. The second-order valence-electron chi connectivity index (χ2n) is 3.77. The molecule has 1 aromatic carbocycles. The molecule has 0 aliphatic heterocycles. The van der Waals surface area contributed by atoms with Crippen molar-refractivity contribution in [1.82, 2.24) is 10.2 Å². The molecule has 0 aliphatic rings. The number of likely N-dealkylation sites (N-methyl/N-ethyl adjacent to an activating group) is 2. The molecule has 0 bridgehead atoms. The van der Waals surface area contributed by atoms with Crippen LogP contribution in [0.2, 0.25) is 0 Å². The van der Waals surface area contributed by atoms with Crippen molar-refractivity contribution in [2.24, 2.45) is 0 Å². The Balaban J connectivity index is 2.71. The minimum atomic E-state index is -0.268. The summed E-state index contributed by atoms with van der Waals surface area (Å²) in [5.74, 6) is 0.0506. The second kappa shape index (κ2) is 6.08. The van der Waals surface area contributed by atoms with Crippen LogP contribution in [0.25, 0.3) is 6.08 Å². The molecule has 0 radical (unpaired) electrons.